The Morgan fingerprint density at radius 1 is 1.29 bits per heavy atom. The topological polar surface area (TPSA) is 112 Å². The quantitative estimate of drug-likeness (QED) is 0.625. The number of aromatic nitrogens is 6. The van der Waals surface area contributed by atoms with Crippen molar-refractivity contribution in [1.29, 1.82) is 0 Å². The largest absolute Gasteiger partial charge is 0.370 e. The van der Waals surface area contributed by atoms with E-state index >= 15 is 0 Å². The van der Waals surface area contributed by atoms with E-state index in [9.17, 15) is 4.79 Å². The molecule has 1 amide bonds. The van der Waals surface area contributed by atoms with Crippen molar-refractivity contribution in [2.24, 2.45) is 0 Å². The van der Waals surface area contributed by atoms with Crippen LogP contribution < -0.4 is 0 Å². The maximum absolute atomic E-state index is 12.4. The fraction of sp³-hybridized carbons (Fsp3) is 0.444. The molecule has 3 aromatic heterocycles. The summed E-state index contributed by atoms with van der Waals surface area (Å²) in [5.41, 5.74) is 1.57. The molecule has 10 heteroatoms. The van der Waals surface area contributed by atoms with Gasteiger partial charge in [-0.05, 0) is 25.3 Å². The first-order valence-electron chi connectivity index (χ1n) is 9.15. The van der Waals surface area contributed by atoms with Gasteiger partial charge in [0.2, 0.25) is 5.91 Å². The Balaban J connectivity index is 1.23. The molecule has 4 heterocycles. The van der Waals surface area contributed by atoms with E-state index < -0.39 is 0 Å². The third-order valence-corrected chi connectivity index (χ3v) is 4.55. The van der Waals surface area contributed by atoms with E-state index in [4.69, 9.17) is 9.26 Å². The summed E-state index contributed by atoms with van der Waals surface area (Å²) in [4.78, 5) is 26.6. The molecule has 0 N–H and O–H groups in total. The number of ether oxygens (including phenoxy) is 1. The van der Waals surface area contributed by atoms with Crippen molar-refractivity contribution < 1.29 is 14.1 Å². The van der Waals surface area contributed by atoms with Crippen LogP contribution in [-0.2, 0) is 22.7 Å². The molecule has 1 aliphatic rings. The summed E-state index contributed by atoms with van der Waals surface area (Å²) >= 11 is 0. The maximum Gasteiger partial charge on any atom is 0.278 e. The zero-order chi connectivity index (χ0) is 19.3. The minimum Gasteiger partial charge on any atom is -0.370 e. The highest BCUT2D eigenvalue weighted by molar-refractivity contribution is 5.76. The summed E-state index contributed by atoms with van der Waals surface area (Å²) in [7, 11) is 0. The number of carbonyl (C=O) groups is 1. The van der Waals surface area contributed by atoms with Gasteiger partial charge in [-0.3, -0.25) is 14.5 Å². The first kappa shape index (κ1) is 18.2. The van der Waals surface area contributed by atoms with Crippen LogP contribution in [0.2, 0.25) is 0 Å². The number of nitrogens with zero attached hydrogens (tertiary/aromatic N) is 7. The van der Waals surface area contributed by atoms with Crippen molar-refractivity contribution in [2.45, 2.75) is 39.0 Å². The summed E-state index contributed by atoms with van der Waals surface area (Å²) in [5.74, 6) is 0.863. The predicted molar refractivity (Wildman–Crippen MR) is 96.7 cm³/mol. The molecule has 0 unspecified atom stereocenters. The molecule has 3 aromatic rings. The standard InChI is InChI=1S/C18H21N7O3/c1-13-8-21-25(10-13)11-17(26)24-6-2-14(3-7-24)27-12-16-22-18(28-23-16)15-9-19-4-5-20-15/h4-5,8-10,14H,2-3,6-7,11-12H2,1H3. The van der Waals surface area contributed by atoms with Gasteiger partial charge in [0.05, 0.1) is 18.5 Å². The van der Waals surface area contributed by atoms with E-state index in [1.54, 1.807) is 29.5 Å². The number of amides is 1. The van der Waals surface area contributed by atoms with Gasteiger partial charge in [-0.1, -0.05) is 5.16 Å². The molecule has 0 aliphatic carbocycles. The van der Waals surface area contributed by atoms with E-state index in [0.29, 0.717) is 30.5 Å². The Kier molecular flexibility index (Phi) is 5.38. The number of hydrogen-bond donors (Lipinski definition) is 0. The molecule has 1 saturated heterocycles. The number of rotatable bonds is 6. The van der Waals surface area contributed by atoms with E-state index in [-0.39, 0.29) is 25.2 Å². The van der Waals surface area contributed by atoms with Crippen LogP contribution in [0.25, 0.3) is 11.6 Å². The number of piperidine rings is 1. The fourth-order valence-electron chi connectivity index (χ4n) is 3.08. The van der Waals surface area contributed by atoms with Crippen LogP contribution in [0.4, 0.5) is 0 Å². The van der Waals surface area contributed by atoms with Gasteiger partial charge in [0.25, 0.3) is 5.89 Å². The van der Waals surface area contributed by atoms with Crippen LogP contribution in [-0.4, -0.2) is 59.9 Å². The van der Waals surface area contributed by atoms with Gasteiger partial charge in [-0.2, -0.15) is 10.1 Å². The molecule has 0 atom stereocenters. The fourth-order valence-corrected chi connectivity index (χ4v) is 3.08. The zero-order valence-corrected chi connectivity index (χ0v) is 15.6. The molecule has 0 radical (unpaired) electrons. The van der Waals surface area contributed by atoms with Crippen LogP contribution in [0.3, 0.4) is 0 Å². The van der Waals surface area contributed by atoms with Crippen molar-refractivity contribution in [3.8, 4) is 11.6 Å². The van der Waals surface area contributed by atoms with Crippen LogP contribution in [0.15, 0.2) is 35.5 Å². The highest BCUT2D eigenvalue weighted by atomic mass is 16.5. The highest BCUT2D eigenvalue weighted by Crippen LogP contribution is 2.17. The lowest BCUT2D eigenvalue weighted by atomic mass is 10.1. The molecule has 1 aliphatic heterocycles. The lowest BCUT2D eigenvalue weighted by Crippen LogP contribution is -2.42. The summed E-state index contributed by atoms with van der Waals surface area (Å²) < 4.78 is 12.8. The Morgan fingerprint density at radius 2 is 2.14 bits per heavy atom. The first-order valence-corrected chi connectivity index (χ1v) is 9.15. The number of aryl methyl sites for hydroxylation is 1. The first-order chi connectivity index (χ1) is 13.7. The van der Waals surface area contributed by atoms with Crippen molar-refractivity contribution in [3.63, 3.8) is 0 Å². The normalized spacial score (nSPS) is 15.1. The predicted octanol–water partition coefficient (Wildman–Crippen LogP) is 1.24. The average molecular weight is 383 g/mol. The minimum atomic E-state index is 0.0643. The minimum absolute atomic E-state index is 0.0643. The molecule has 28 heavy (non-hydrogen) atoms. The number of likely N-dealkylation sites (tertiary alicyclic amines) is 1. The van der Waals surface area contributed by atoms with Crippen molar-refractivity contribution in [3.05, 3.63) is 42.4 Å². The molecule has 1 fully saturated rings. The van der Waals surface area contributed by atoms with E-state index in [1.165, 1.54) is 0 Å². The molecule has 0 spiro atoms. The Morgan fingerprint density at radius 3 is 2.86 bits per heavy atom. The van der Waals surface area contributed by atoms with Gasteiger partial charge in [-0.25, -0.2) is 4.98 Å². The SMILES string of the molecule is Cc1cnn(CC(=O)N2CCC(OCc3noc(-c4cnccn4)n3)CC2)c1. The van der Waals surface area contributed by atoms with Gasteiger partial charge in [0.1, 0.15) is 18.8 Å². The number of carbonyl (C=O) groups excluding carboxylic acids is 1. The van der Waals surface area contributed by atoms with Crippen molar-refractivity contribution in [2.75, 3.05) is 13.1 Å². The van der Waals surface area contributed by atoms with Gasteiger partial charge in [0, 0.05) is 31.7 Å². The lowest BCUT2D eigenvalue weighted by Gasteiger charge is -2.31. The molecular weight excluding hydrogens is 362 g/mol. The highest BCUT2D eigenvalue weighted by Gasteiger charge is 2.24. The van der Waals surface area contributed by atoms with E-state index in [2.05, 4.69) is 25.2 Å². The van der Waals surface area contributed by atoms with Gasteiger partial charge < -0.3 is 14.2 Å². The maximum atomic E-state index is 12.4. The molecule has 0 saturated carbocycles. The number of hydrogen-bond acceptors (Lipinski definition) is 8. The smallest absolute Gasteiger partial charge is 0.278 e. The van der Waals surface area contributed by atoms with Crippen LogP contribution in [0, 0.1) is 6.92 Å². The van der Waals surface area contributed by atoms with Gasteiger partial charge >= 0.3 is 0 Å². The van der Waals surface area contributed by atoms with E-state index in [0.717, 1.165) is 18.4 Å². The Labute approximate surface area is 161 Å². The van der Waals surface area contributed by atoms with Crippen LogP contribution in [0.1, 0.15) is 24.2 Å². The summed E-state index contributed by atoms with van der Waals surface area (Å²) in [5, 5.41) is 8.08. The summed E-state index contributed by atoms with van der Waals surface area (Å²) in [6.07, 6.45) is 9.95. The molecule has 0 aromatic carbocycles. The summed E-state index contributed by atoms with van der Waals surface area (Å²) in [6, 6.07) is 0. The van der Waals surface area contributed by atoms with Crippen LogP contribution >= 0.6 is 0 Å². The Bertz CT molecular complexity index is 916. The van der Waals surface area contributed by atoms with Crippen LogP contribution in [0.5, 0.6) is 0 Å². The average Bonchev–Trinajstić information content (AvgIpc) is 3.36. The third kappa shape index (κ3) is 4.39. The van der Waals surface area contributed by atoms with Gasteiger partial charge in [-0.15, -0.1) is 0 Å². The van der Waals surface area contributed by atoms with Gasteiger partial charge in [0.15, 0.2) is 5.82 Å². The van der Waals surface area contributed by atoms with Crippen molar-refractivity contribution in [1.82, 2.24) is 34.8 Å². The Hall–Kier alpha value is -3.14. The zero-order valence-electron chi connectivity index (χ0n) is 15.6. The molecule has 4 rings (SSSR count). The molecular formula is C18H21N7O3. The van der Waals surface area contributed by atoms with E-state index in [1.807, 2.05) is 18.0 Å². The second kappa shape index (κ2) is 8.26. The second-order valence-electron chi connectivity index (χ2n) is 6.71. The molecule has 0 bridgehead atoms. The summed E-state index contributed by atoms with van der Waals surface area (Å²) in [6.45, 7) is 3.82. The lowest BCUT2D eigenvalue weighted by molar-refractivity contribution is -0.134. The van der Waals surface area contributed by atoms with Crippen molar-refractivity contribution >= 4 is 5.91 Å². The molecule has 10 nitrogen and oxygen atoms in total. The molecule has 146 valence electrons. The second-order valence-corrected chi connectivity index (χ2v) is 6.71. The monoisotopic (exact) mass is 383 g/mol. The third-order valence-electron chi connectivity index (χ3n) is 4.55.